The van der Waals surface area contributed by atoms with E-state index in [1.165, 1.54) is 29.8 Å². The van der Waals surface area contributed by atoms with E-state index in [1.54, 1.807) is 6.92 Å². The van der Waals surface area contributed by atoms with Gasteiger partial charge < -0.3 is 15.2 Å². The van der Waals surface area contributed by atoms with E-state index < -0.39 is 12.1 Å². The van der Waals surface area contributed by atoms with Crippen LogP contribution in [0.5, 0.6) is 5.75 Å². The number of nitrogens with one attached hydrogen (secondary N) is 1. The fourth-order valence-corrected chi connectivity index (χ4v) is 3.07. The lowest BCUT2D eigenvalue weighted by Gasteiger charge is -2.27. The maximum atomic E-state index is 12.4. The van der Waals surface area contributed by atoms with Crippen molar-refractivity contribution in [1.82, 2.24) is 5.32 Å². The van der Waals surface area contributed by atoms with Crippen LogP contribution < -0.4 is 5.32 Å². The lowest BCUT2D eigenvalue weighted by Crippen LogP contribution is -2.39. The first-order valence-electron chi connectivity index (χ1n) is 8.43. The van der Waals surface area contributed by atoms with Gasteiger partial charge in [0, 0.05) is 0 Å². The molecule has 5 heteroatoms. The largest absolute Gasteiger partial charge is 0.508 e. The van der Waals surface area contributed by atoms with Gasteiger partial charge in [0.25, 0.3) is 5.91 Å². The second-order valence-electron chi connectivity index (χ2n) is 6.25. The molecule has 0 heterocycles. The highest BCUT2D eigenvalue weighted by Crippen LogP contribution is 2.29. The Morgan fingerprint density at radius 1 is 1.16 bits per heavy atom. The van der Waals surface area contributed by atoms with E-state index in [9.17, 15) is 14.7 Å². The van der Waals surface area contributed by atoms with Crippen LogP contribution in [-0.2, 0) is 16.0 Å². The van der Waals surface area contributed by atoms with Gasteiger partial charge in [0.2, 0.25) is 0 Å². The second kappa shape index (κ2) is 7.38. The number of aromatic hydroxyl groups is 1. The van der Waals surface area contributed by atoms with Gasteiger partial charge in [-0.1, -0.05) is 24.3 Å². The van der Waals surface area contributed by atoms with E-state index in [2.05, 4.69) is 11.4 Å². The summed E-state index contributed by atoms with van der Waals surface area (Å²) in [6, 6.07) is 13.8. The average molecular weight is 339 g/mol. The summed E-state index contributed by atoms with van der Waals surface area (Å²) in [5.74, 6) is -0.834. The van der Waals surface area contributed by atoms with Gasteiger partial charge in [-0.3, -0.25) is 4.79 Å². The fraction of sp³-hybridized carbons (Fsp3) is 0.300. The molecule has 0 aliphatic heterocycles. The van der Waals surface area contributed by atoms with Crippen LogP contribution in [0, 0.1) is 0 Å². The summed E-state index contributed by atoms with van der Waals surface area (Å²) in [4.78, 5) is 24.5. The van der Waals surface area contributed by atoms with Crippen LogP contribution in [0.15, 0.2) is 48.5 Å². The van der Waals surface area contributed by atoms with Crippen LogP contribution >= 0.6 is 0 Å². The molecule has 0 radical (unpaired) electrons. The number of phenols is 1. The number of aryl methyl sites for hydroxylation is 1. The van der Waals surface area contributed by atoms with Crippen molar-refractivity contribution in [3.05, 3.63) is 65.2 Å². The van der Waals surface area contributed by atoms with Gasteiger partial charge in [0.05, 0.1) is 11.6 Å². The summed E-state index contributed by atoms with van der Waals surface area (Å²) in [6.45, 7) is 1.56. The van der Waals surface area contributed by atoms with Crippen LogP contribution in [0.2, 0.25) is 0 Å². The molecule has 25 heavy (non-hydrogen) atoms. The Kier molecular flexibility index (Phi) is 5.03. The number of hydrogen-bond acceptors (Lipinski definition) is 4. The van der Waals surface area contributed by atoms with Crippen molar-refractivity contribution < 1.29 is 19.4 Å². The molecule has 0 fully saturated rings. The van der Waals surface area contributed by atoms with E-state index in [-0.39, 0.29) is 17.7 Å². The van der Waals surface area contributed by atoms with Gasteiger partial charge in [-0.25, -0.2) is 4.79 Å². The molecule has 0 aromatic heterocycles. The molecular formula is C20H21NO4. The zero-order valence-electron chi connectivity index (χ0n) is 14.1. The molecule has 2 aromatic carbocycles. The third-order valence-electron chi connectivity index (χ3n) is 4.44. The number of carbonyl (C=O) groups is 2. The van der Waals surface area contributed by atoms with Crippen molar-refractivity contribution >= 4 is 11.9 Å². The number of phenolic OH excluding ortho intramolecular Hbond substituents is 1. The summed E-state index contributed by atoms with van der Waals surface area (Å²) in [6.07, 6.45) is 2.02. The van der Waals surface area contributed by atoms with Crippen LogP contribution in [0.25, 0.3) is 0 Å². The number of esters is 1. The number of rotatable bonds is 4. The highest BCUT2D eigenvalue weighted by atomic mass is 16.5. The second-order valence-corrected chi connectivity index (χ2v) is 6.25. The predicted octanol–water partition coefficient (Wildman–Crippen LogP) is 3.13. The maximum Gasteiger partial charge on any atom is 0.338 e. The Morgan fingerprint density at radius 2 is 1.88 bits per heavy atom. The summed E-state index contributed by atoms with van der Waals surface area (Å²) < 4.78 is 5.23. The minimum absolute atomic E-state index is 0.0488. The molecule has 5 nitrogen and oxygen atoms in total. The number of carbonyl (C=O) groups excluding carboxylic acids is 2. The molecule has 0 unspecified atom stereocenters. The van der Waals surface area contributed by atoms with Gasteiger partial charge in [-0.05, 0) is 61.6 Å². The van der Waals surface area contributed by atoms with Gasteiger partial charge in [0.1, 0.15) is 5.75 Å². The number of hydrogen-bond donors (Lipinski definition) is 2. The molecule has 1 amide bonds. The lowest BCUT2D eigenvalue weighted by molar-refractivity contribution is -0.130. The van der Waals surface area contributed by atoms with E-state index >= 15 is 0 Å². The van der Waals surface area contributed by atoms with Gasteiger partial charge in [0.15, 0.2) is 6.10 Å². The number of ether oxygens (including phenoxy) is 1. The minimum atomic E-state index is -0.893. The minimum Gasteiger partial charge on any atom is -0.508 e. The molecule has 1 aliphatic carbocycles. The Bertz CT molecular complexity index is 770. The third-order valence-corrected chi connectivity index (χ3v) is 4.44. The van der Waals surface area contributed by atoms with Crippen LogP contribution in [0.4, 0.5) is 0 Å². The predicted molar refractivity (Wildman–Crippen MR) is 93.2 cm³/mol. The van der Waals surface area contributed by atoms with E-state index in [4.69, 9.17) is 4.74 Å². The van der Waals surface area contributed by atoms with Crippen molar-refractivity contribution in [2.24, 2.45) is 0 Å². The van der Waals surface area contributed by atoms with Crippen LogP contribution in [-0.4, -0.2) is 23.1 Å². The molecule has 0 spiro atoms. The Labute approximate surface area is 146 Å². The van der Waals surface area contributed by atoms with E-state index in [1.807, 2.05) is 18.2 Å². The summed E-state index contributed by atoms with van der Waals surface area (Å²) in [5, 5.41) is 12.2. The first kappa shape index (κ1) is 17.0. The van der Waals surface area contributed by atoms with Gasteiger partial charge >= 0.3 is 5.97 Å². The molecule has 1 aliphatic rings. The highest BCUT2D eigenvalue weighted by molar-refractivity contribution is 5.92. The first-order valence-corrected chi connectivity index (χ1v) is 8.43. The van der Waals surface area contributed by atoms with Gasteiger partial charge in [-0.15, -0.1) is 0 Å². The SMILES string of the molecule is C[C@@H](OC(=O)c1ccc(O)cc1)C(=O)N[C@@H]1CCCc2ccccc21. The van der Waals surface area contributed by atoms with E-state index in [0.29, 0.717) is 5.56 Å². The Morgan fingerprint density at radius 3 is 2.64 bits per heavy atom. The maximum absolute atomic E-state index is 12.4. The number of amides is 1. The monoisotopic (exact) mass is 339 g/mol. The lowest BCUT2D eigenvalue weighted by atomic mass is 9.87. The first-order chi connectivity index (χ1) is 12.0. The molecule has 2 atom stereocenters. The van der Waals surface area contributed by atoms with Crippen LogP contribution in [0.3, 0.4) is 0 Å². The smallest absolute Gasteiger partial charge is 0.338 e. The number of fused-ring (bicyclic) bond motifs is 1. The normalized spacial score (nSPS) is 17.2. The number of benzene rings is 2. The zero-order valence-corrected chi connectivity index (χ0v) is 14.1. The molecule has 130 valence electrons. The topological polar surface area (TPSA) is 75.6 Å². The van der Waals surface area contributed by atoms with E-state index in [0.717, 1.165) is 24.8 Å². The molecule has 0 saturated carbocycles. The molecular weight excluding hydrogens is 318 g/mol. The molecule has 0 bridgehead atoms. The summed E-state index contributed by atoms with van der Waals surface area (Å²) in [5.41, 5.74) is 2.69. The van der Waals surface area contributed by atoms with Crippen LogP contribution in [0.1, 0.15) is 47.3 Å². The zero-order chi connectivity index (χ0) is 17.8. The average Bonchev–Trinajstić information content (AvgIpc) is 2.62. The summed E-state index contributed by atoms with van der Waals surface area (Å²) >= 11 is 0. The van der Waals surface area contributed by atoms with Gasteiger partial charge in [-0.2, -0.15) is 0 Å². The molecule has 0 saturated heterocycles. The Balaban J connectivity index is 1.62. The molecule has 2 aromatic rings. The quantitative estimate of drug-likeness (QED) is 0.839. The van der Waals surface area contributed by atoms with Crippen molar-refractivity contribution in [2.75, 3.05) is 0 Å². The summed E-state index contributed by atoms with van der Waals surface area (Å²) in [7, 11) is 0. The molecule has 2 N–H and O–H groups in total. The van der Waals surface area contributed by atoms with Crippen molar-refractivity contribution in [3.8, 4) is 5.75 Å². The van der Waals surface area contributed by atoms with Crippen molar-refractivity contribution in [2.45, 2.75) is 38.3 Å². The fourth-order valence-electron chi connectivity index (χ4n) is 3.07. The highest BCUT2D eigenvalue weighted by Gasteiger charge is 2.25. The Hall–Kier alpha value is -2.82. The third kappa shape index (κ3) is 3.99. The standard InChI is InChI=1S/C20H21NO4/c1-13(25-20(24)15-9-11-16(22)12-10-15)19(23)21-18-8-4-6-14-5-2-3-7-17(14)18/h2-3,5,7,9-13,18,22H,4,6,8H2,1H3,(H,21,23)/t13-,18-/m1/s1. The van der Waals surface area contributed by atoms with Crippen molar-refractivity contribution in [3.63, 3.8) is 0 Å². The molecule has 3 rings (SSSR count). The van der Waals surface area contributed by atoms with Crippen molar-refractivity contribution in [1.29, 1.82) is 0 Å².